The molecule has 0 spiro atoms. The molecule has 1 fully saturated rings. The minimum Gasteiger partial charge on any atom is -0.337 e. The molecule has 0 saturated carbocycles. The van der Waals surface area contributed by atoms with Gasteiger partial charge in [-0.15, -0.1) is 0 Å². The van der Waals surface area contributed by atoms with Crippen LogP contribution < -0.4 is 16.0 Å². The molecule has 3 N–H and O–H groups in total. The molecule has 2 unspecified atom stereocenters. The van der Waals surface area contributed by atoms with Crippen molar-refractivity contribution < 1.29 is 9.59 Å². The highest BCUT2D eigenvalue weighted by atomic mass is 35.5. The summed E-state index contributed by atoms with van der Waals surface area (Å²) in [5, 5.41) is 8.71. The number of amides is 3. The Labute approximate surface area is 154 Å². The van der Waals surface area contributed by atoms with Crippen molar-refractivity contribution in [3.8, 4) is 0 Å². The number of hydrogen-bond donors (Lipinski definition) is 3. The number of hydrogen-bond acceptors (Lipinski definition) is 3. The molecule has 1 aliphatic heterocycles. The van der Waals surface area contributed by atoms with Crippen LogP contribution in [0.2, 0.25) is 5.02 Å². The van der Waals surface area contributed by atoms with Crippen molar-refractivity contribution in [2.24, 2.45) is 5.92 Å². The van der Waals surface area contributed by atoms with Crippen LogP contribution in [0, 0.1) is 5.92 Å². The maximum absolute atomic E-state index is 11.9. The van der Waals surface area contributed by atoms with E-state index < -0.39 is 0 Å². The highest BCUT2D eigenvalue weighted by Crippen LogP contribution is 2.17. The maximum atomic E-state index is 11.9. The van der Waals surface area contributed by atoms with E-state index >= 15 is 0 Å². The molecule has 1 heterocycles. The summed E-state index contributed by atoms with van der Waals surface area (Å²) in [6.07, 6.45) is 2.49. The normalized spacial score (nSPS) is 19.1. The van der Waals surface area contributed by atoms with Gasteiger partial charge in [0.2, 0.25) is 5.91 Å². The van der Waals surface area contributed by atoms with Crippen LogP contribution in [0.4, 0.5) is 10.5 Å². The van der Waals surface area contributed by atoms with Gasteiger partial charge >= 0.3 is 6.03 Å². The van der Waals surface area contributed by atoms with Gasteiger partial charge in [0.25, 0.3) is 0 Å². The van der Waals surface area contributed by atoms with E-state index in [1.165, 1.54) is 12.8 Å². The van der Waals surface area contributed by atoms with Crippen molar-refractivity contribution in [1.29, 1.82) is 0 Å². The predicted molar refractivity (Wildman–Crippen MR) is 101 cm³/mol. The number of anilines is 1. The van der Waals surface area contributed by atoms with Gasteiger partial charge in [-0.3, -0.25) is 9.69 Å². The van der Waals surface area contributed by atoms with E-state index in [0.717, 1.165) is 13.1 Å². The third-order valence-corrected chi connectivity index (χ3v) is 4.66. The molecular formula is C18H27ClN4O2. The Morgan fingerprint density at radius 3 is 2.68 bits per heavy atom. The Kier molecular flexibility index (Phi) is 7.52. The monoisotopic (exact) mass is 366 g/mol. The van der Waals surface area contributed by atoms with Crippen LogP contribution in [-0.4, -0.2) is 49.1 Å². The molecule has 0 radical (unpaired) electrons. The summed E-state index contributed by atoms with van der Waals surface area (Å²) in [5.74, 6) is 0.428. The average Bonchev–Trinajstić information content (AvgIpc) is 2.60. The highest BCUT2D eigenvalue weighted by Gasteiger charge is 2.21. The molecule has 2 atom stereocenters. The number of benzene rings is 1. The van der Waals surface area contributed by atoms with E-state index in [0.29, 0.717) is 23.2 Å². The van der Waals surface area contributed by atoms with E-state index in [-0.39, 0.29) is 24.5 Å². The molecule has 1 saturated heterocycles. The zero-order chi connectivity index (χ0) is 18.2. The van der Waals surface area contributed by atoms with Gasteiger partial charge in [-0.2, -0.15) is 0 Å². The summed E-state index contributed by atoms with van der Waals surface area (Å²) in [4.78, 5) is 26.1. The van der Waals surface area contributed by atoms with Gasteiger partial charge in [0.05, 0.1) is 6.54 Å². The first-order chi connectivity index (χ1) is 11.9. The summed E-state index contributed by atoms with van der Waals surface area (Å²) in [6, 6.07) is 6.77. The molecule has 0 aliphatic carbocycles. The van der Waals surface area contributed by atoms with E-state index in [1.54, 1.807) is 24.3 Å². The van der Waals surface area contributed by atoms with Gasteiger partial charge < -0.3 is 16.0 Å². The van der Waals surface area contributed by atoms with Crippen molar-refractivity contribution in [2.75, 3.05) is 31.5 Å². The number of rotatable bonds is 6. The molecule has 1 aromatic rings. The zero-order valence-corrected chi connectivity index (χ0v) is 15.6. The first kappa shape index (κ1) is 19.5. The Bertz CT molecular complexity index is 579. The minimum atomic E-state index is -0.330. The topological polar surface area (TPSA) is 73.5 Å². The Morgan fingerprint density at radius 2 is 2.00 bits per heavy atom. The molecule has 1 aromatic carbocycles. The summed E-state index contributed by atoms with van der Waals surface area (Å²) in [5.41, 5.74) is 0.643. The number of carbonyl (C=O) groups excluding carboxylic acids is 2. The second kappa shape index (κ2) is 9.63. The lowest BCUT2D eigenvalue weighted by atomic mass is 9.99. The van der Waals surface area contributed by atoms with E-state index in [2.05, 4.69) is 34.7 Å². The van der Waals surface area contributed by atoms with Gasteiger partial charge in [-0.05, 0) is 56.5 Å². The lowest BCUT2D eigenvalue weighted by Crippen LogP contribution is -2.48. The SMILES string of the molecule is CC1CCCN(C(C)CNC(=O)NCC(=O)Nc2ccc(Cl)cc2)C1. The fraction of sp³-hybridized carbons (Fsp3) is 0.556. The van der Waals surface area contributed by atoms with Crippen molar-refractivity contribution in [2.45, 2.75) is 32.7 Å². The van der Waals surface area contributed by atoms with Crippen LogP contribution in [0.3, 0.4) is 0 Å². The fourth-order valence-corrected chi connectivity index (χ4v) is 3.08. The lowest BCUT2D eigenvalue weighted by Gasteiger charge is -2.35. The van der Waals surface area contributed by atoms with Gasteiger partial charge in [0.15, 0.2) is 0 Å². The van der Waals surface area contributed by atoms with Crippen LogP contribution in [0.15, 0.2) is 24.3 Å². The van der Waals surface area contributed by atoms with Crippen molar-refractivity contribution in [1.82, 2.24) is 15.5 Å². The van der Waals surface area contributed by atoms with Gasteiger partial charge in [0, 0.05) is 29.8 Å². The number of nitrogens with zero attached hydrogens (tertiary/aromatic N) is 1. The second-order valence-electron chi connectivity index (χ2n) is 6.71. The summed E-state index contributed by atoms with van der Waals surface area (Å²) in [6.45, 7) is 7.02. The molecule has 2 rings (SSSR count). The first-order valence-corrected chi connectivity index (χ1v) is 9.13. The fourth-order valence-electron chi connectivity index (χ4n) is 2.96. The van der Waals surface area contributed by atoms with Gasteiger partial charge in [-0.25, -0.2) is 4.79 Å². The Hall–Kier alpha value is -1.79. The van der Waals surface area contributed by atoms with E-state index in [1.807, 2.05) is 0 Å². The van der Waals surface area contributed by atoms with Crippen LogP contribution in [0.1, 0.15) is 26.7 Å². The third-order valence-electron chi connectivity index (χ3n) is 4.41. The first-order valence-electron chi connectivity index (χ1n) is 8.75. The largest absolute Gasteiger partial charge is 0.337 e. The molecule has 1 aliphatic rings. The molecule has 3 amide bonds. The summed E-state index contributed by atoms with van der Waals surface area (Å²) in [7, 11) is 0. The number of urea groups is 1. The molecule has 0 aromatic heterocycles. The lowest BCUT2D eigenvalue weighted by molar-refractivity contribution is -0.115. The maximum Gasteiger partial charge on any atom is 0.315 e. The quantitative estimate of drug-likeness (QED) is 0.724. The van der Waals surface area contributed by atoms with Crippen LogP contribution in [0.25, 0.3) is 0 Å². The molecule has 25 heavy (non-hydrogen) atoms. The van der Waals surface area contributed by atoms with Crippen LogP contribution in [0.5, 0.6) is 0 Å². The molecule has 0 bridgehead atoms. The van der Waals surface area contributed by atoms with Gasteiger partial charge in [-0.1, -0.05) is 18.5 Å². The van der Waals surface area contributed by atoms with Crippen molar-refractivity contribution in [3.05, 3.63) is 29.3 Å². The number of likely N-dealkylation sites (tertiary alicyclic amines) is 1. The summed E-state index contributed by atoms with van der Waals surface area (Å²) >= 11 is 5.79. The number of carbonyl (C=O) groups is 2. The molecule has 7 heteroatoms. The Balaban J connectivity index is 1.64. The van der Waals surface area contributed by atoms with E-state index in [9.17, 15) is 9.59 Å². The molecule has 138 valence electrons. The third kappa shape index (κ3) is 6.92. The number of piperidine rings is 1. The number of nitrogens with one attached hydrogen (secondary N) is 3. The standard InChI is InChI=1S/C18H27ClN4O2/c1-13-4-3-9-23(12-13)14(2)10-20-18(25)21-11-17(24)22-16-7-5-15(19)6-8-16/h5-8,13-14H,3-4,9-12H2,1-2H3,(H,22,24)(H2,20,21,25). The summed E-state index contributed by atoms with van der Waals surface area (Å²) < 4.78 is 0. The van der Waals surface area contributed by atoms with Crippen LogP contribution >= 0.6 is 11.6 Å². The van der Waals surface area contributed by atoms with E-state index in [4.69, 9.17) is 11.6 Å². The van der Waals surface area contributed by atoms with Crippen molar-refractivity contribution >= 4 is 29.2 Å². The van der Waals surface area contributed by atoms with Gasteiger partial charge in [0.1, 0.15) is 0 Å². The van der Waals surface area contributed by atoms with Crippen molar-refractivity contribution in [3.63, 3.8) is 0 Å². The predicted octanol–water partition coefficient (Wildman–Crippen LogP) is 2.70. The molecular weight excluding hydrogens is 340 g/mol. The second-order valence-corrected chi connectivity index (χ2v) is 7.15. The smallest absolute Gasteiger partial charge is 0.315 e. The van der Waals surface area contributed by atoms with Crippen LogP contribution in [-0.2, 0) is 4.79 Å². The number of halogens is 1. The average molecular weight is 367 g/mol. The zero-order valence-electron chi connectivity index (χ0n) is 14.8. The highest BCUT2D eigenvalue weighted by molar-refractivity contribution is 6.30. The Morgan fingerprint density at radius 1 is 1.28 bits per heavy atom. The molecule has 6 nitrogen and oxygen atoms in total. The minimum absolute atomic E-state index is 0.0798.